The summed E-state index contributed by atoms with van der Waals surface area (Å²) in [6.07, 6.45) is 22.4. The van der Waals surface area contributed by atoms with Crippen molar-refractivity contribution < 1.29 is 32.4 Å². The van der Waals surface area contributed by atoms with E-state index in [2.05, 4.69) is 13.8 Å². The van der Waals surface area contributed by atoms with Crippen molar-refractivity contribution in [3.8, 4) is 0 Å². The van der Waals surface area contributed by atoms with Gasteiger partial charge in [0.25, 0.3) is 10.1 Å². The SMILES string of the molecule is CCCCCCCCCCCCCCC(CCCCCCCCC)OC(=O)C(CC(=O)O)S(=O)(=O)O. The predicted octanol–water partition coefficient (Wildman–Crippen LogP) is 7.86. The fourth-order valence-electron chi connectivity index (χ4n) is 4.51. The summed E-state index contributed by atoms with van der Waals surface area (Å²) in [5.41, 5.74) is 0. The van der Waals surface area contributed by atoms with Crippen LogP contribution in [0.2, 0.25) is 0 Å². The first kappa shape index (κ1) is 34.9. The van der Waals surface area contributed by atoms with E-state index in [1.165, 1.54) is 83.5 Å². The van der Waals surface area contributed by atoms with Gasteiger partial charge in [0.1, 0.15) is 6.10 Å². The first-order valence-electron chi connectivity index (χ1n) is 14.6. The lowest BCUT2D eigenvalue weighted by molar-refractivity contribution is -0.152. The van der Waals surface area contributed by atoms with Crippen LogP contribution in [0.4, 0.5) is 0 Å². The highest BCUT2D eigenvalue weighted by atomic mass is 32.2. The van der Waals surface area contributed by atoms with Crippen molar-refractivity contribution in [2.45, 2.75) is 166 Å². The molecule has 0 saturated heterocycles. The van der Waals surface area contributed by atoms with Crippen LogP contribution in [0, 0.1) is 0 Å². The Morgan fingerprint density at radius 2 is 0.972 bits per heavy atom. The Balaban J connectivity index is 4.43. The maximum atomic E-state index is 12.4. The summed E-state index contributed by atoms with van der Waals surface area (Å²) in [6.45, 7) is 4.41. The van der Waals surface area contributed by atoms with Gasteiger partial charge >= 0.3 is 11.9 Å². The Kier molecular flexibility index (Phi) is 22.3. The normalized spacial score (nSPS) is 13.4. The third kappa shape index (κ3) is 21.0. The van der Waals surface area contributed by atoms with E-state index in [4.69, 9.17) is 9.84 Å². The molecule has 0 heterocycles. The summed E-state index contributed by atoms with van der Waals surface area (Å²) in [7, 11) is -4.85. The number of carbonyl (C=O) groups is 2. The maximum absolute atomic E-state index is 12.4. The topological polar surface area (TPSA) is 118 Å². The molecule has 0 radical (unpaired) electrons. The zero-order valence-corrected chi connectivity index (χ0v) is 23.9. The van der Waals surface area contributed by atoms with E-state index in [1.807, 2.05) is 0 Å². The highest BCUT2D eigenvalue weighted by molar-refractivity contribution is 7.87. The Morgan fingerprint density at radius 1 is 0.639 bits per heavy atom. The van der Waals surface area contributed by atoms with Gasteiger partial charge in [-0.25, -0.2) is 0 Å². The van der Waals surface area contributed by atoms with E-state index in [9.17, 15) is 22.6 Å². The predicted molar refractivity (Wildman–Crippen MR) is 146 cm³/mol. The second-order valence-corrected chi connectivity index (χ2v) is 11.8. The Labute approximate surface area is 220 Å². The van der Waals surface area contributed by atoms with Crippen LogP contribution in [-0.2, 0) is 24.4 Å². The van der Waals surface area contributed by atoms with E-state index in [-0.39, 0.29) is 0 Å². The van der Waals surface area contributed by atoms with Crippen LogP contribution >= 0.6 is 0 Å². The number of rotatable bonds is 26. The second kappa shape index (κ2) is 23.0. The molecule has 214 valence electrons. The van der Waals surface area contributed by atoms with Gasteiger partial charge in [-0.15, -0.1) is 0 Å². The van der Waals surface area contributed by atoms with Crippen molar-refractivity contribution in [2.24, 2.45) is 0 Å². The van der Waals surface area contributed by atoms with Crippen LogP contribution in [0.15, 0.2) is 0 Å². The van der Waals surface area contributed by atoms with Gasteiger partial charge < -0.3 is 9.84 Å². The molecule has 0 bridgehead atoms. The number of aliphatic carboxylic acids is 1. The van der Waals surface area contributed by atoms with Crippen LogP contribution in [0.3, 0.4) is 0 Å². The molecule has 0 fully saturated rings. The molecular formula is C28H54O7S. The maximum Gasteiger partial charge on any atom is 0.327 e. The first-order valence-corrected chi connectivity index (χ1v) is 16.1. The molecule has 0 aliphatic carbocycles. The third-order valence-corrected chi connectivity index (χ3v) is 7.85. The molecule has 8 heteroatoms. The number of ether oxygens (including phenoxy) is 1. The fourth-order valence-corrected chi connectivity index (χ4v) is 5.17. The van der Waals surface area contributed by atoms with Crippen molar-refractivity contribution in [1.29, 1.82) is 0 Å². The summed E-state index contributed by atoms with van der Waals surface area (Å²) in [5, 5.41) is 6.86. The molecule has 0 aromatic carbocycles. The molecule has 36 heavy (non-hydrogen) atoms. The zero-order chi connectivity index (χ0) is 27.1. The molecule has 0 spiro atoms. The quantitative estimate of drug-likeness (QED) is 0.0658. The van der Waals surface area contributed by atoms with Crippen molar-refractivity contribution in [2.75, 3.05) is 0 Å². The molecule has 7 nitrogen and oxygen atoms in total. The van der Waals surface area contributed by atoms with Crippen molar-refractivity contribution >= 4 is 22.1 Å². The summed E-state index contributed by atoms with van der Waals surface area (Å²) in [5.74, 6) is -2.63. The molecule has 0 aromatic rings. The number of hydrogen-bond donors (Lipinski definition) is 2. The Morgan fingerprint density at radius 3 is 1.28 bits per heavy atom. The Bertz CT molecular complexity index is 648. The minimum Gasteiger partial charge on any atom is -0.481 e. The minimum atomic E-state index is -4.85. The van der Waals surface area contributed by atoms with Crippen LogP contribution in [-0.4, -0.2) is 41.4 Å². The standard InChI is InChI=1S/C28H54O7S/c1-3-5-7-9-11-12-13-14-15-17-19-21-23-25(22-20-18-16-10-8-6-4-2)35-28(31)26(24-27(29)30)36(32,33)34/h25-26H,3-24H2,1-2H3,(H,29,30)(H,32,33,34). The number of carboxylic acid groups (broad SMARTS) is 1. The molecule has 2 unspecified atom stereocenters. The molecule has 0 aromatic heterocycles. The largest absolute Gasteiger partial charge is 0.481 e. The molecule has 2 N–H and O–H groups in total. The molecule has 0 saturated carbocycles. The molecular weight excluding hydrogens is 480 g/mol. The van der Waals surface area contributed by atoms with Crippen LogP contribution in [0.5, 0.6) is 0 Å². The summed E-state index contributed by atoms with van der Waals surface area (Å²) >= 11 is 0. The smallest absolute Gasteiger partial charge is 0.327 e. The molecule has 0 amide bonds. The van der Waals surface area contributed by atoms with Crippen LogP contribution in [0.25, 0.3) is 0 Å². The monoisotopic (exact) mass is 534 g/mol. The summed E-state index contributed by atoms with van der Waals surface area (Å²) in [6, 6.07) is 0. The lowest BCUT2D eigenvalue weighted by Crippen LogP contribution is -2.36. The Hall–Kier alpha value is -1.15. The van der Waals surface area contributed by atoms with Gasteiger partial charge in [0.2, 0.25) is 0 Å². The zero-order valence-electron chi connectivity index (χ0n) is 23.1. The van der Waals surface area contributed by atoms with Gasteiger partial charge in [-0.2, -0.15) is 8.42 Å². The fraction of sp³-hybridized carbons (Fsp3) is 0.929. The van der Waals surface area contributed by atoms with Gasteiger partial charge in [-0.3, -0.25) is 14.1 Å². The number of hydrogen-bond acceptors (Lipinski definition) is 5. The number of esters is 1. The van der Waals surface area contributed by atoms with Crippen molar-refractivity contribution in [3.63, 3.8) is 0 Å². The molecule has 0 rings (SSSR count). The average molecular weight is 535 g/mol. The van der Waals surface area contributed by atoms with Gasteiger partial charge in [0.05, 0.1) is 6.42 Å². The summed E-state index contributed by atoms with van der Waals surface area (Å²) in [4.78, 5) is 23.4. The van der Waals surface area contributed by atoms with Gasteiger partial charge in [0.15, 0.2) is 5.25 Å². The van der Waals surface area contributed by atoms with Gasteiger partial charge in [-0.1, -0.05) is 123 Å². The van der Waals surface area contributed by atoms with Gasteiger partial charge in [0, 0.05) is 0 Å². The average Bonchev–Trinajstić information content (AvgIpc) is 2.81. The second-order valence-electron chi connectivity index (χ2n) is 10.2. The minimum absolute atomic E-state index is 0.450. The number of unbranched alkanes of at least 4 members (excludes halogenated alkanes) is 17. The van der Waals surface area contributed by atoms with E-state index in [0.717, 1.165) is 38.5 Å². The lowest BCUT2D eigenvalue weighted by Gasteiger charge is -2.20. The van der Waals surface area contributed by atoms with Crippen LogP contribution < -0.4 is 0 Å². The molecule has 0 aliphatic rings. The number of carbonyl (C=O) groups excluding carboxylic acids is 1. The van der Waals surface area contributed by atoms with Crippen molar-refractivity contribution in [1.82, 2.24) is 0 Å². The van der Waals surface area contributed by atoms with E-state index >= 15 is 0 Å². The van der Waals surface area contributed by atoms with Crippen LogP contribution in [0.1, 0.15) is 155 Å². The first-order chi connectivity index (χ1) is 17.2. The van der Waals surface area contributed by atoms with Crippen molar-refractivity contribution in [3.05, 3.63) is 0 Å². The third-order valence-electron chi connectivity index (χ3n) is 6.77. The molecule has 2 atom stereocenters. The number of carboxylic acids is 1. The summed E-state index contributed by atoms with van der Waals surface area (Å²) < 4.78 is 37.8. The van der Waals surface area contributed by atoms with E-state index < -0.39 is 39.8 Å². The van der Waals surface area contributed by atoms with E-state index in [0.29, 0.717) is 12.8 Å². The highest BCUT2D eigenvalue weighted by Crippen LogP contribution is 2.19. The lowest BCUT2D eigenvalue weighted by atomic mass is 10.0. The van der Waals surface area contributed by atoms with E-state index in [1.54, 1.807) is 0 Å². The molecule has 0 aliphatic heterocycles. The van der Waals surface area contributed by atoms with Gasteiger partial charge in [-0.05, 0) is 25.7 Å². The highest BCUT2D eigenvalue weighted by Gasteiger charge is 2.36.